The standard InChI is InChI=1S/C14H19F2NO2/c1-19-9-12(8-18)17-5-4-11(7-17)10-2-3-13(15)14(16)6-10/h2-3,6,11-12,18H,4-5,7-9H2,1H3/t11-,12?/m0/s1. The number of benzene rings is 1. The van der Waals surface area contributed by atoms with Gasteiger partial charge in [0, 0.05) is 13.7 Å². The maximum Gasteiger partial charge on any atom is 0.159 e. The molecule has 0 aliphatic carbocycles. The van der Waals surface area contributed by atoms with Crippen molar-refractivity contribution in [3.8, 4) is 0 Å². The Bertz CT molecular complexity index is 428. The molecule has 1 aliphatic rings. The van der Waals surface area contributed by atoms with Gasteiger partial charge >= 0.3 is 0 Å². The van der Waals surface area contributed by atoms with E-state index < -0.39 is 11.6 Å². The van der Waals surface area contributed by atoms with Crippen molar-refractivity contribution in [3.05, 3.63) is 35.4 Å². The maximum absolute atomic E-state index is 13.2. The largest absolute Gasteiger partial charge is 0.395 e. The number of aliphatic hydroxyl groups is 1. The molecular weight excluding hydrogens is 252 g/mol. The third kappa shape index (κ3) is 3.29. The van der Waals surface area contributed by atoms with Gasteiger partial charge < -0.3 is 9.84 Å². The number of nitrogens with zero attached hydrogens (tertiary/aromatic N) is 1. The van der Waals surface area contributed by atoms with Crippen molar-refractivity contribution < 1.29 is 18.6 Å². The molecular formula is C14H19F2NO2. The van der Waals surface area contributed by atoms with E-state index in [1.54, 1.807) is 13.2 Å². The summed E-state index contributed by atoms with van der Waals surface area (Å²) in [6.45, 7) is 2.08. The topological polar surface area (TPSA) is 32.7 Å². The summed E-state index contributed by atoms with van der Waals surface area (Å²) in [6.07, 6.45) is 0.880. The third-order valence-electron chi connectivity index (χ3n) is 3.72. The van der Waals surface area contributed by atoms with Crippen molar-refractivity contribution in [1.29, 1.82) is 0 Å². The summed E-state index contributed by atoms with van der Waals surface area (Å²) in [5.41, 5.74) is 0.815. The average molecular weight is 271 g/mol. The smallest absolute Gasteiger partial charge is 0.159 e. The molecule has 0 bridgehead atoms. The van der Waals surface area contributed by atoms with E-state index in [2.05, 4.69) is 4.90 Å². The minimum atomic E-state index is -0.814. The van der Waals surface area contributed by atoms with Crippen LogP contribution in [0.5, 0.6) is 0 Å². The number of hydrogen-bond donors (Lipinski definition) is 1. The van der Waals surface area contributed by atoms with Gasteiger partial charge in [0.25, 0.3) is 0 Å². The molecule has 1 aliphatic heterocycles. The normalized spacial score (nSPS) is 21.8. The molecule has 0 aromatic heterocycles. The van der Waals surface area contributed by atoms with Crippen LogP contribution in [0.2, 0.25) is 0 Å². The highest BCUT2D eigenvalue weighted by Gasteiger charge is 2.29. The highest BCUT2D eigenvalue weighted by molar-refractivity contribution is 5.23. The lowest BCUT2D eigenvalue weighted by Crippen LogP contribution is -2.39. The Morgan fingerprint density at radius 2 is 2.21 bits per heavy atom. The minimum absolute atomic E-state index is 0.0275. The predicted molar refractivity (Wildman–Crippen MR) is 68.0 cm³/mol. The Morgan fingerprint density at radius 1 is 1.42 bits per heavy atom. The van der Waals surface area contributed by atoms with Crippen LogP contribution in [0.15, 0.2) is 18.2 Å². The molecule has 106 valence electrons. The van der Waals surface area contributed by atoms with E-state index in [1.807, 2.05) is 0 Å². The minimum Gasteiger partial charge on any atom is -0.395 e. The van der Waals surface area contributed by atoms with Crippen molar-refractivity contribution in [2.24, 2.45) is 0 Å². The number of methoxy groups -OCH3 is 1. The van der Waals surface area contributed by atoms with E-state index >= 15 is 0 Å². The Hall–Kier alpha value is -1.04. The van der Waals surface area contributed by atoms with Crippen LogP contribution in [0.3, 0.4) is 0 Å². The van der Waals surface area contributed by atoms with Crippen molar-refractivity contribution in [3.63, 3.8) is 0 Å². The van der Waals surface area contributed by atoms with Gasteiger partial charge in [-0.2, -0.15) is 0 Å². The average Bonchev–Trinajstić information content (AvgIpc) is 2.88. The lowest BCUT2D eigenvalue weighted by atomic mass is 9.98. The Kier molecular flexibility index (Phi) is 4.85. The van der Waals surface area contributed by atoms with Crippen LogP contribution < -0.4 is 0 Å². The monoisotopic (exact) mass is 271 g/mol. The second-order valence-corrected chi connectivity index (χ2v) is 4.95. The van der Waals surface area contributed by atoms with E-state index in [0.29, 0.717) is 6.61 Å². The molecule has 0 saturated carbocycles. The molecule has 1 saturated heterocycles. The second-order valence-electron chi connectivity index (χ2n) is 4.95. The highest BCUT2D eigenvalue weighted by atomic mass is 19.2. The summed E-state index contributed by atoms with van der Waals surface area (Å²) < 4.78 is 31.2. The second kappa shape index (κ2) is 6.41. The Morgan fingerprint density at radius 3 is 2.84 bits per heavy atom. The predicted octanol–water partition coefficient (Wildman–Crippen LogP) is 1.76. The molecule has 1 N–H and O–H groups in total. The Labute approximate surface area is 111 Å². The Balaban J connectivity index is 2.02. The van der Waals surface area contributed by atoms with Gasteiger partial charge in [0.1, 0.15) is 0 Å². The first-order chi connectivity index (χ1) is 9.15. The zero-order chi connectivity index (χ0) is 13.8. The summed E-state index contributed by atoms with van der Waals surface area (Å²) in [6, 6.07) is 4.05. The molecule has 2 rings (SSSR count). The first-order valence-electron chi connectivity index (χ1n) is 6.44. The molecule has 1 aromatic carbocycles. The number of likely N-dealkylation sites (tertiary alicyclic amines) is 1. The molecule has 2 atom stereocenters. The fraction of sp³-hybridized carbons (Fsp3) is 0.571. The van der Waals surface area contributed by atoms with Crippen molar-refractivity contribution in [2.45, 2.75) is 18.4 Å². The van der Waals surface area contributed by atoms with Gasteiger partial charge in [-0.05, 0) is 36.6 Å². The summed E-state index contributed by atoms with van der Waals surface area (Å²) >= 11 is 0. The van der Waals surface area contributed by atoms with Gasteiger partial charge in [-0.25, -0.2) is 8.78 Å². The molecule has 3 nitrogen and oxygen atoms in total. The lowest BCUT2D eigenvalue weighted by Gasteiger charge is -2.25. The molecule has 5 heteroatoms. The number of hydrogen-bond acceptors (Lipinski definition) is 3. The van der Waals surface area contributed by atoms with Gasteiger partial charge in [0.15, 0.2) is 11.6 Å². The molecule has 1 heterocycles. The zero-order valence-electron chi connectivity index (χ0n) is 11.0. The van der Waals surface area contributed by atoms with E-state index in [1.165, 1.54) is 12.1 Å². The molecule has 1 unspecified atom stereocenters. The van der Waals surface area contributed by atoms with E-state index in [-0.39, 0.29) is 18.6 Å². The molecule has 19 heavy (non-hydrogen) atoms. The number of halogens is 2. The SMILES string of the molecule is COCC(CO)N1CC[C@H](c2ccc(F)c(F)c2)C1. The molecule has 0 radical (unpaired) electrons. The van der Waals surface area contributed by atoms with Gasteiger partial charge in [-0.15, -0.1) is 0 Å². The first-order valence-corrected chi connectivity index (χ1v) is 6.44. The van der Waals surface area contributed by atoms with Gasteiger partial charge in [0.2, 0.25) is 0 Å². The van der Waals surface area contributed by atoms with Crippen molar-refractivity contribution in [1.82, 2.24) is 4.90 Å². The van der Waals surface area contributed by atoms with E-state index in [0.717, 1.165) is 25.1 Å². The summed E-state index contributed by atoms with van der Waals surface area (Å²) in [5.74, 6) is -1.43. The molecule has 0 spiro atoms. The fourth-order valence-electron chi connectivity index (χ4n) is 2.62. The fourth-order valence-corrected chi connectivity index (χ4v) is 2.62. The molecule has 0 amide bonds. The molecule has 1 fully saturated rings. The van der Waals surface area contributed by atoms with Crippen LogP contribution in [-0.4, -0.2) is 49.5 Å². The van der Waals surface area contributed by atoms with Crippen LogP contribution in [-0.2, 0) is 4.74 Å². The van der Waals surface area contributed by atoms with Gasteiger partial charge in [-0.1, -0.05) is 6.07 Å². The van der Waals surface area contributed by atoms with Crippen LogP contribution in [0.25, 0.3) is 0 Å². The first kappa shape index (κ1) is 14.4. The zero-order valence-corrected chi connectivity index (χ0v) is 11.0. The molecule has 1 aromatic rings. The van der Waals surface area contributed by atoms with Crippen molar-refractivity contribution >= 4 is 0 Å². The van der Waals surface area contributed by atoms with Crippen LogP contribution in [0.1, 0.15) is 17.9 Å². The maximum atomic E-state index is 13.2. The quantitative estimate of drug-likeness (QED) is 0.886. The van der Waals surface area contributed by atoms with E-state index in [9.17, 15) is 13.9 Å². The number of ether oxygens (including phenoxy) is 1. The summed E-state index contributed by atoms with van der Waals surface area (Å²) in [5, 5.41) is 9.32. The number of rotatable bonds is 5. The number of aliphatic hydroxyl groups excluding tert-OH is 1. The lowest BCUT2D eigenvalue weighted by molar-refractivity contribution is 0.0649. The highest BCUT2D eigenvalue weighted by Crippen LogP contribution is 2.29. The van der Waals surface area contributed by atoms with Gasteiger partial charge in [-0.3, -0.25) is 4.90 Å². The third-order valence-corrected chi connectivity index (χ3v) is 3.72. The summed E-state index contributed by atoms with van der Waals surface area (Å²) in [7, 11) is 1.60. The summed E-state index contributed by atoms with van der Waals surface area (Å²) in [4.78, 5) is 2.13. The van der Waals surface area contributed by atoms with Crippen LogP contribution in [0, 0.1) is 11.6 Å². The van der Waals surface area contributed by atoms with E-state index in [4.69, 9.17) is 4.74 Å². The van der Waals surface area contributed by atoms with Crippen molar-refractivity contribution in [2.75, 3.05) is 33.4 Å². The van der Waals surface area contributed by atoms with Gasteiger partial charge in [0.05, 0.1) is 19.3 Å². The van der Waals surface area contributed by atoms with Crippen LogP contribution in [0.4, 0.5) is 8.78 Å². The van der Waals surface area contributed by atoms with Crippen LogP contribution >= 0.6 is 0 Å².